The van der Waals surface area contributed by atoms with E-state index in [-0.39, 0.29) is 0 Å². The Morgan fingerprint density at radius 3 is 2.07 bits per heavy atom. The second-order valence-electron chi connectivity index (χ2n) is 5.29. The molecule has 2 saturated carbocycles. The average molecular weight is 210 g/mol. The number of hydrogen-bond donors (Lipinski definition) is 2. The number of nitrogens with one attached hydrogen (secondary N) is 2. The molecule has 2 N–H and O–H groups in total. The fourth-order valence-electron chi connectivity index (χ4n) is 2.51. The van der Waals surface area contributed by atoms with E-state index < -0.39 is 0 Å². The number of rotatable bonds is 9. The molecule has 0 saturated heterocycles. The highest BCUT2D eigenvalue weighted by Crippen LogP contribution is 2.48. The van der Waals surface area contributed by atoms with Crippen molar-refractivity contribution in [3.63, 3.8) is 0 Å². The van der Waals surface area contributed by atoms with Gasteiger partial charge in [0.05, 0.1) is 0 Å². The second-order valence-corrected chi connectivity index (χ2v) is 5.29. The largest absolute Gasteiger partial charge is 0.315 e. The van der Waals surface area contributed by atoms with E-state index in [0.29, 0.717) is 0 Å². The smallest absolute Gasteiger partial charge is 0.00768 e. The van der Waals surface area contributed by atoms with Gasteiger partial charge in [0.2, 0.25) is 0 Å². The van der Waals surface area contributed by atoms with Gasteiger partial charge in [0, 0.05) is 13.1 Å². The third-order valence-corrected chi connectivity index (χ3v) is 3.74. The van der Waals surface area contributed by atoms with Gasteiger partial charge in [-0.05, 0) is 62.9 Å². The molecule has 88 valence electrons. The van der Waals surface area contributed by atoms with Gasteiger partial charge in [0.15, 0.2) is 0 Å². The van der Waals surface area contributed by atoms with Gasteiger partial charge in [-0.2, -0.15) is 0 Å². The lowest BCUT2D eigenvalue weighted by Crippen LogP contribution is -2.32. The van der Waals surface area contributed by atoms with Crippen LogP contribution in [-0.2, 0) is 0 Å². The predicted octanol–water partition coefficient (Wildman–Crippen LogP) is 2.01. The Bertz CT molecular complexity index is 161. The zero-order valence-electron chi connectivity index (χ0n) is 10.1. The molecule has 0 spiro atoms. The van der Waals surface area contributed by atoms with Gasteiger partial charge < -0.3 is 10.6 Å². The highest BCUT2D eigenvalue weighted by atomic mass is 14.9. The van der Waals surface area contributed by atoms with Gasteiger partial charge in [-0.25, -0.2) is 0 Å². The maximum atomic E-state index is 3.62. The van der Waals surface area contributed by atoms with E-state index in [0.717, 1.165) is 37.4 Å². The topological polar surface area (TPSA) is 24.1 Å². The van der Waals surface area contributed by atoms with Gasteiger partial charge >= 0.3 is 0 Å². The molecule has 0 heterocycles. The Kier molecular flexibility index (Phi) is 4.45. The van der Waals surface area contributed by atoms with Crippen molar-refractivity contribution in [1.82, 2.24) is 10.6 Å². The molecule has 0 amide bonds. The maximum Gasteiger partial charge on any atom is 0.00768 e. The Labute approximate surface area is 94.2 Å². The van der Waals surface area contributed by atoms with Crippen molar-refractivity contribution in [3.8, 4) is 0 Å². The summed E-state index contributed by atoms with van der Waals surface area (Å²) in [6.07, 6.45) is 7.29. The fourth-order valence-corrected chi connectivity index (χ4v) is 2.51. The van der Waals surface area contributed by atoms with Crippen molar-refractivity contribution in [2.75, 3.05) is 26.2 Å². The Balaban J connectivity index is 1.48. The van der Waals surface area contributed by atoms with Crippen LogP contribution in [-0.4, -0.2) is 26.2 Å². The van der Waals surface area contributed by atoms with Crippen LogP contribution in [0, 0.1) is 17.8 Å². The lowest BCUT2D eigenvalue weighted by Gasteiger charge is -2.16. The SMILES string of the molecule is CCCNCCNCC(C1CC1)C1CC1. The first-order valence-electron chi connectivity index (χ1n) is 6.83. The van der Waals surface area contributed by atoms with Crippen molar-refractivity contribution >= 4 is 0 Å². The summed E-state index contributed by atoms with van der Waals surface area (Å²) in [6, 6.07) is 0. The minimum absolute atomic E-state index is 1.02. The van der Waals surface area contributed by atoms with Crippen LogP contribution in [0.15, 0.2) is 0 Å². The van der Waals surface area contributed by atoms with Crippen LogP contribution in [0.25, 0.3) is 0 Å². The van der Waals surface area contributed by atoms with Crippen LogP contribution in [0.2, 0.25) is 0 Å². The van der Waals surface area contributed by atoms with E-state index in [1.807, 2.05) is 0 Å². The van der Waals surface area contributed by atoms with E-state index in [4.69, 9.17) is 0 Å². The van der Waals surface area contributed by atoms with Crippen molar-refractivity contribution in [1.29, 1.82) is 0 Å². The Hall–Kier alpha value is -0.0800. The molecule has 0 unspecified atom stereocenters. The van der Waals surface area contributed by atoms with Crippen LogP contribution in [0.1, 0.15) is 39.0 Å². The lowest BCUT2D eigenvalue weighted by molar-refractivity contribution is 0.379. The van der Waals surface area contributed by atoms with Crippen LogP contribution in [0.4, 0.5) is 0 Å². The van der Waals surface area contributed by atoms with Crippen molar-refractivity contribution in [3.05, 3.63) is 0 Å². The summed E-state index contributed by atoms with van der Waals surface area (Å²) in [5.41, 5.74) is 0. The molecule has 0 atom stereocenters. The monoisotopic (exact) mass is 210 g/mol. The summed E-state index contributed by atoms with van der Waals surface area (Å²) in [7, 11) is 0. The summed E-state index contributed by atoms with van der Waals surface area (Å²) >= 11 is 0. The lowest BCUT2D eigenvalue weighted by atomic mass is 9.98. The molecule has 15 heavy (non-hydrogen) atoms. The third kappa shape index (κ3) is 4.12. The summed E-state index contributed by atoms with van der Waals surface area (Å²) < 4.78 is 0. The van der Waals surface area contributed by atoms with Gasteiger partial charge in [0.25, 0.3) is 0 Å². The van der Waals surface area contributed by atoms with E-state index in [1.54, 1.807) is 0 Å². The number of hydrogen-bond acceptors (Lipinski definition) is 2. The van der Waals surface area contributed by atoms with E-state index in [9.17, 15) is 0 Å². The Morgan fingerprint density at radius 2 is 1.53 bits per heavy atom. The molecule has 0 aliphatic heterocycles. The van der Waals surface area contributed by atoms with Crippen LogP contribution >= 0.6 is 0 Å². The third-order valence-electron chi connectivity index (χ3n) is 3.74. The highest BCUT2D eigenvalue weighted by Gasteiger charge is 2.40. The maximum absolute atomic E-state index is 3.62. The van der Waals surface area contributed by atoms with Crippen LogP contribution in [0.3, 0.4) is 0 Å². The highest BCUT2D eigenvalue weighted by molar-refractivity contribution is 4.92. The summed E-state index contributed by atoms with van der Waals surface area (Å²) in [5, 5.41) is 7.06. The molecule has 2 fully saturated rings. The first kappa shape index (κ1) is 11.4. The van der Waals surface area contributed by atoms with Gasteiger partial charge in [-0.3, -0.25) is 0 Å². The van der Waals surface area contributed by atoms with Gasteiger partial charge in [0.1, 0.15) is 0 Å². The minimum atomic E-state index is 1.02. The molecular formula is C13H26N2. The van der Waals surface area contributed by atoms with E-state index in [2.05, 4.69) is 17.6 Å². The van der Waals surface area contributed by atoms with E-state index >= 15 is 0 Å². The molecule has 2 aliphatic carbocycles. The quantitative estimate of drug-likeness (QED) is 0.569. The molecule has 0 radical (unpaired) electrons. The molecule has 2 rings (SSSR count). The van der Waals surface area contributed by atoms with Crippen molar-refractivity contribution in [2.45, 2.75) is 39.0 Å². The normalized spacial score (nSPS) is 21.2. The molecular weight excluding hydrogens is 184 g/mol. The zero-order chi connectivity index (χ0) is 10.5. The molecule has 0 aromatic heterocycles. The van der Waals surface area contributed by atoms with Gasteiger partial charge in [-0.15, -0.1) is 0 Å². The molecule has 0 bridgehead atoms. The molecule has 2 heteroatoms. The standard InChI is InChI=1S/C13H26N2/c1-2-7-14-8-9-15-10-13(11-3-4-11)12-5-6-12/h11-15H,2-10H2,1H3. The van der Waals surface area contributed by atoms with E-state index in [1.165, 1.54) is 38.6 Å². The molecule has 0 aromatic rings. The molecule has 2 aliphatic rings. The Morgan fingerprint density at radius 1 is 0.933 bits per heavy atom. The van der Waals surface area contributed by atoms with Gasteiger partial charge in [-0.1, -0.05) is 6.92 Å². The van der Waals surface area contributed by atoms with Crippen LogP contribution in [0.5, 0.6) is 0 Å². The molecule has 0 aromatic carbocycles. The second kappa shape index (κ2) is 5.86. The van der Waals surface area contributed by atoms with Crippen molar-refractivity contribution in [2.24, 2.45) is 17.8 Å². The summed E-state index contributed by atoms with van der Waals surface area (Å²) in [5.74, 6) is 3.21. The zero-order valence-corrected chi connectivity index (χ0v) is 10.1. The first-order valence-corrected chi connectivity index (χ1v) is 6.83. The van der Waals surface area contributed by atoms with Crippen LogP contribution < -0.4 is 10.6 Å². The predicted molar refractivity (Wildman–Crippen MR) is 65.0 cm³/mol. The summed E-state index contributed by atoms with van der Waals surface area (Å²) in [6.45, 7) is 6.95. The average Bonchev–Trinajstić information content (AvgIpc) is 3.09. The molecule has 2 nitrogen and oxygen atoms in total. The van der Waals surface area contributed by atoms with Crippen molar-refractivity contribution < 1.29 is 0 Å². The summed E-state index contributed by atoms with van der Waals surface area (Å²) in [4.78, 5) is 0. The first-order chi connectivity index (χ1) is 7.42. The minimum Gasteiger partial charge on any atom is -0.315 e. The fraction of sp³-hybridized carbons (Fsp3) is 1.00.